The quantitative estimate of drug-likeness (QED) is 0.344. The Morgan fingerprint density at radius 2 is 1.06 bits per heavy atom. The van der Waals surface area contributed by atoms with E-state index in [0.29, 0.717) is 16.2 Å². The van der Waals surface area contributed by atoms with Crippen LogP contribution in [0, 0.1) is 0 Å². The van der Waals surface area contributed by atoms with Crippen LogP contribution in [0.1, 0.15) is 12.8 Å². The standard InChI is InChI=1S/C32H22N2O2/c35-31-23-15-7-9-17-27(23)33(21-11-3-1-4-12-21)29-19-26-30(20-25(29)31)34(22-13-5-2-6-14-22)28-18-10-8-16-24(28)32(26)36/h1-7,9,11-20H,8,10H2. The summed E-state index contributed by atoms with van der Waals surface area (Å²) in [6.45, 7) is 0. The van der Waals surface area contributed by atoms with Gasteiger partial charge in [0, 0.05) is 32.8 Å². The van der Waals surface area contributed by atoms with Crippen LogP contribution in [0.3, 0.4) is 0 Å². The van der Waals surface area contributed by atoms with Gasteiger partial charge in [0.1, 0.15) is 0 Å². The highest BCUT2D eigenvalue weighted by Gasteiger charge is 2.17. The minimum atomic E-state index is -0.0324. The third-order valence-electron chi connectivity index (χ3n) is 7.12. The number of nitrogens with zero attached hydrogens (tertiary/aromatic N) is 2. The van der Waals surface area contributed by atoms with Crippen molar-refractivity contribution in [1.82, 2.24) is 9.13 Å². The van der Waals surface area contributed by atoms with Gasteiger partial charge in [-0.15, -0.1) is 0 Å². The summed E-state index contributed by atoms with van der Waals surface area (Å²) in [5, 5.41) is 3.48. The predicted octanol–water partition coefficient (Wildman–Crippen LogP) is 4.80. The third kappa shape index (κ3) is 2.94. The molecule has 0 radical (unpaired) electrons. The second-order valence-electron chi connectivity index (χ2n) is 9.19. The monoisotopic (exact) mass is 466 g/mol. The molecule has 0 aliphatic heterocycles. The molecule has 1 aliphatic carbocycles. The van der Waals surface area contributed by atoms with Crippen LogP contribution in [0.5, 0.6) is 0 Å². The molecule has 0 fully saturated rings. The van der Waals surface area contributed by atoms with Crippen molar-refractivity contribution >= 4 is 44.9 Å². The topological polar surface area (TPSA) is 44.0 Å². The molecule has 0 atom stereocenters. The first-order chi connectivity index (χ1) is 17.7. The summed E-state index contributed by atoms with van der Waals surface area (Å²) in [7, 11) is 0. The first-order valence-corrected chi connectivity index (χ1v) is 12.2. The van der Waals surface area contributed by atoms with Crippen molar-refractivity contribution in [3.05, 3.63) is 128 Å². The molecule has 172 valence electrons. The lowest BCUT2D eigenvalue weighted by molar-refractivity contribution is 0.988. The summed E-state index contributed by atoms with van der Waals surface area (Å²) >= 11 is 0. The van der Waals surface area contributed by atoms with Gasteiger partial charge in [-0.3, -0.25) is 9.59 Å². The highest BCUT2D eigenvalue weighted by Crippen LogP contribution is 2.27. The number of fused-ring (bicyclic) bond motifs is 4. The molecule has 1 aliphatic rings. The highest BCUT2D eigenvalue weighted by atomic mass is 16.1. The Bertz CT molecular complexity index is 2070. The molecule has 0 unspecified atom stereocenters. The summed E-state index contributed by atoms with van der Waals surface area (Å²) < 4.78 is 4.22. The average molecular weight is 467 g/mol. The molecule has 7 rings (SSSR count). The molecule has 0 amide bonds. The fourth-order valence-electron chi connectivity index (χ4n) is 5.51. The van der Waals surface area contributed by atoms with Gasteiger partial charge < -0.3 is 9.13 Å². The minimum Gasteiger partial charge on any atom is -0.309 e. The van der Waals surface area contributed by atoms with Crippen LogP contribution in [-0.4, -0.2) is 9.13 Å². The number of hydrogen-bond acceptors (Lipinski definition) is 2. The van der Waals surface area contributed by atoms with E-state index in [2.05, 4.69) is 15.2 Å². The van der Waals surface area contributed by atoms with Crippen molar-refractivity contribution < 1.29 is 0 Å². The number of pyridine rings is 2. The zero-order chi connectivity index (χ0) is 24.2. The lowest BCUT2D eigenvalue weighted by Crippen LogP contribution is -2.46. The Kier molecular flexibility index (Phi) is 4.55. The van der Waals surface area contributed by atoms with Crippen LogP contribution in [0.2, 0.25) is 0 Å². The highest BCUT2D eigenvalue weighted by molar-refractivity contribution is 6.02. The number of hydrogen-bond donors (Lipinski definition) is 0. The first-order valence-electron chi connectivity index (χ1n) is 12.2. The van der Waals surface area contributed by atoms with Gasteiger partial charge in [-0.05, 0) is 61.4 Å². The number of aromatic nitrogens is 2. The normalized spacial score (nSPS) is 12.9. The van der Waals surface area contributed by atoms with Gasteiger partial charge in [0.05, 0.1) is 21.9 Å². The van der Waals surface area contributed by atoms with E-state index in [1.165, 1.54) is 0 Å². The Labute approximate surface area is 206 Å². The van der Waals surface area contributed by atoms with Gasteiger partial charge >= 0.3 is 0 Å². The maximum absolute atomic E-state index is 13.8. The predicted molar refractivity (Wildman–Crippen MR) is 148 cm³/mol. The largest absolute Gasteiger partial charge is 0.309 e. The van der Waals surface area contributed by atoms with E-state index < -0.39 is 0 Å². The lowest BCUT2D eigenvalue weighted by Gasteiger charge is -2.19. The number of benzene rings is 4. The van der Waals surface area contributed by atoms with E-state index in [1.807, 2.05) is 103 Å². The minimum absolute atomic E-state index is 0.00486. The molecule has 0 saturated carbocycles. The van der Waals surface area contributed by atoms with Gasteiger partial charge in [0.2, 0.25) is 0 Å². The second-order valence-corrected chi connectivity index (χ2v) is 9.19. The van der Waals surface area contributed by atoms with Gasteiger partial charge in [-0.25, -0.2) is 0 Å². The molecule has 2 aromatic heterocycles. The van der Waals surface area contributed by atoms with E-state index in [4.69, 9.17) is 0 Å². The summed E-state index contributed by atoms with van der Waals surface area (Å²) in [5.74, 6) is 0. The molecular formula is C32H22N2O2. The molecule has 0 spiro atoms. The Morgan fingerprint density at radius 3 is 1.78 bits per heavy atom. The number of rotatable bonds is 2. The van der Waals surface area contributed by atoms with Gasteiger partial charge in [-0.1, -0.05) is 60.7 Å². The van der Waals surface area contributed by atoms with Crippen LogP contribution >= 0.6 is 0 Å². The van der Waals surface area contributed by atoms with Crippen LogP contribution < -0.4 is 21.4 Å². The van der Waals surface area contributed by atoms with Crippen molar-refractivity contribution in [2.45, 2.75) is 12.8 Å². The molecule has 0 bridgehead atoms. The molecule has 0 saturated heterocycles. The SMILES string of the molecule is O=c1c2c(n(-c3ccccc3)c3cc4c(=O)c5ccccc5n(-c5ccccc5)c4cc13)=CCCC=2. The summed E-state index contributed by atoms with van der Waals surface area (Å²) in [6.07, 6.45) is 5.90. The maximum atomic E-state index is 13.8. The second kappa shape index (κ2) is 7.92. The van der Waals surface area contributed by atoms with E-state index in [1.54, 1.807) is 0 Å². The summed E-state index contributed by atoms with van der Waals surface area (Å²) in [4.78, 5) is 27.7. The first kappa shape index (κ1) is 20.7. The van der Waals surface area contributed by atoms with E-state index in [9.17, 15) is 9.59 Å². The Balaban J connectivity index is 1.77. The lowest BCUT2D eigenvalue weighted by atomic mass is 10.0. The molecular weight excluding hydrogens is 444 g/mol. The van der Waals surface area contributed by atoms with Crippen LogP contribution in [-0.2, 0) is 0 Å². The summed E-state index contributed by atoms with van der Waals surface area (Å²) in [5.41, 5.74) is 4.18. The fourth-order valence-corrected chi connectivity index (χ4v) is 5.51. The van der Waals surface area contributed by atoms with Gasteiger partial charge in [0.15, 0.2) is 10.9 Å². The van der Waals surface area contributed by atoms with Crippen molar-refractivity contribution in [2.24, 2.45) is 0 Å². The third-order valence-corrected chi connectivity index (χ3v) is 7.12. The molecule has 0 N–H and O–H groups in total. The van der Waals surface area contributed by atoms with Gasteiger partial charge in [-0.2, -0.15) is 0 Å². The zero-order valence-electron chi connectivity index (χ0n) is 19.5. The Morgan fingerprint density at radius 1 is 0.500 bits per heavy atom. The Hall–Kier alpha value is -4.70. The zero-order valence-corrected chi connectivity index (χ0v) is 19.5. The molecule has 36 heavy (non-hydrogen) atoms. The molecule has 4 aromatic carbocycles. The average Bonchev–Trinajstić information content (AvgIpc) is 2.94. The molecule has 4 heteroatoms. The van der Waals surface area contributed by atoms with Crippen molar-refractivity contribution in [2.75, 3.05) is 0 Å². The molecule has 6 aromatic rings. The molecule has 4 nitrogen and oxygen atoms in total. The van der Waals surface area contributed by atoms with E-state index in [0.717, 1.165) is 51.3 Å². The number of para-hydroxylation sites is 3. The van der Waals surface area contributed by atoms with Crippen molar-refractivity contribution in [3.8, 4) is 11.4 Å². The molecule has 2 heterocycles. The summed E-state index contributed by atoms with van der Waals surface area (Å²) in [6, 6.07) is 31.6. The van der Waals surface area contributed by atoms with E-state index in [-0.39, 0.29) is 10.9 Å². The van der Waals surface area contributed by atoms with Gasteiger partial charge in [0.25, 0.3) is 0 Å². The van der Waals surface area contributed by atoms with E-state index >= 15 is 0 Å². The van der Waals surface area contributed by atoms with Crippen LogP contribution in [0.4, 0.5) is 0 Å². The van der Waals surface area contributed by atoms with Crippen LogP contribution in [0.25, 0.3) is 56.2 Å². The fraction of sp³-hybridized carbons (Fsp3) is 0.0625. The van der Waals surface area contributed by atoms with Crippen LogP contribution in [0.15, 0.2) is 107 Å². The smallest absolute Gasteiger partial charge is 0.197 e. The maximum Gasteiger partial charge on any atom is 0.197 e. The van der Waals surface area contributed by atoms with Crippen molar-refractivity contribution in [1.29, 1.82) is 0 Å². The van der Waals surface area contributed by atoms with Crippen molar-refractivity contribution in [3.63, 3.8) is 0 Å².